The van der Waals surface area contributed by atoms with Gasteiger partial charge in [0.25, 0.3) is 0 Å². The second-order valence-corrected chi connectivity index (χ2v) is 2.26. The Labute approximate surface area is 59.7 Å². The van der Waals surface area contributed by atoms with Gasteiger partial charge in [-0.2, -0.15) is 0 Å². The van der Waals surface area contributed by atoms with Crippen LogP contribution in [0.25, 0.3) is 0 Å². The largest absolute Gasteiger partial charge is 0.472 e. The van der Waals surface area contributed by atoms with Gasteiger partial charge in [0.15, 0.2) is 0 Å². The molecule has 0 amide bonds. The molecular weight excluding hydrogens is 132 g/mol. The third-order valence-corrected chi connectivity index (χ3v) is 0.958. The van der Waals surface area contributed by atoms with Crippen LogP contribution in [-0.4, -0.2) is 22.3 Å². The van der Waals surface area contributed by atoms with E-state index in [9.17, 15) is 4.79 Å². The molecule has 10 heavy (non-hydrogen) atoms. The molecule has 56 valence electrons. The van der Waals surface area contributed by atoms with Crippen LogP contribution >= 0.6 is 0 Å². The first-order chi connectivity index (χ1) is 4.54. The summed E-state index contributed by atoms with van der Waals surface area (Å²) in [7, 11) is 0. The Morgan fingerprint density at radius 1 is 1.50 bits per heavy atom. The molecule has 0 rings (SSSR count). The first-order valence-electron chi connectivity index (χ1n) is 2.96. The quantitative estimate of drug-likeness (QED) is 0.510. The molecule has 0 bridgehead atoms. The van der Waals surface area contributed by atoms with Crippen molar-refractivity contribution in [2.75, 3.05) is 0 Å². The van der Waals surface area contributed by atoms with E-state index in [1.807, 2.05) is 5.92 Å². The van der Waals surface area contributed by atoms with Crippen LogP contribution < -0.4 is 0 Å². The molecule has 0 saturated heterocycles. The Morgan fingerprint density at radius 2 is 2.00 bits per heavy atom. The van der Waals surface area contributed by atoms with Gasteiger partial charge in [-0.3, -0.25) is 0 Å². The average Bonchev–Trinajstić information content (AvgIpc) is 1.82. The van der Waals surface area contributed by atoms with Gasteiger partial charge in [-0.05, 0) is 5.92 Å². The molecule has 0 aliphatic heterocycles. The summed E-state index contributed by atoms with van der Waals surface area (Å²) in [6.07, 6.45) is -0.837. The van der Waals surface area contributed by atoms with E-state index in [1.54, 1.807) is 13.8 Å². The summed E-state index contributed by atoms with van der Waals surface area (Å²) in [4.78, 5) is 9.84. The lowest BCUT2D eigenvalue weighted by molar-refractivity contribution is -0.130. The van der Waals surface area contributed by atoms with E-state index in [2.05, 4.69) is 5.92 Å². The van der Waals surface area contributed by atoms with Gasteiger partial charge in [-0.15, -0.1) is 0 Å². The lowest BCUT2D eigenvalue weighted by Crippen LogP contribution is -2.11. The minimum atomic E-state index is -1.21. The smallest absolute Gasteiger partial charge is 0.381 e. The first-order valence-corrected chi connectivity index (χ1v) is 2.96. The van der Waals surface area contributed by atoms with Gasteiger partial charge >= 0.3 is 5.97 Å². The van der Waals surface area contributed by atoms with Crippen molar-refractivity contribution in [3.8, 4) is 11.8 Å². The number of hydrogen-bond acceptors (Lipinski definition) is 2. The molecule has 3 nitrogen and oxygen atoms in total. The highest BCUT2D eigenvalue weighted by atomic mass is 16.4. The molecule has 0 aromatic rings. The molecule has 0 radical (unpaired) electrons. The average molecular weight is 142 g/mol. The highest BCUT2D eigenvalue weighted by Gasteiger charge is 2.03. The van der Waals surface area contributed by atoms with Crippen LogP contribution in [0.15, 0.2) is 0 Å². The van der Waals surface area contributed by atoms with Crippen molar-refractivity contribution in [2.45, 2.75) is 20.0 Å². The summed E-state index contributed by atoms with van der Waals surface area (Å²) in [5, 5.41) is 17.0. The van der Waals surface area contributed by atoms with Gasteiger partial charge in [0.2, 0.25) is 0 Å². The Hall–Kier alpha value is -1.01. The molecule has 2 N–H and O–H groups in total. The molecule has 0 aliphatic carbocycles. The number of aliphatic hydroxyl groups excluding tert-OH is 1. The first kappa shape index (κ1) is 8.99. The number of rotatable bonds is 1. The number of aliphatic hydroxyl groups is 1. The molecular formula is C7H10O3. The minimum absolute atomic E-state index is 0.0214. The number of carboxylic acid groups (broad SMARTS) is 1. The van der Waals surface area contributed by atoms with Crippen molar-refractivity contribution in [2.24, 2.45) is 5.92 Å². The number of aliphatic carboxylic acids is 1. The van der Waals surface area contributed by atoms with Crippen LogP contribution in [0.2, 0.25) is 0 Å². The van der Waals surface area contributed by atoms with Gasteiger partial charge < -0.3 is 10.2 Å². The summed E-state index contributed by atoms with van der Waals surface area (Å²) in [5.41, 5.74) is 0. The van der Waals surface area contributed by atoms with Crippen molar-refractivity contribution < 1.29 is 15.0 Å². The lowest BCUT2D eigenvalue weighted by Gasteiger charge is -2.04. The Bertz CT molecular complexity index is 173. The predicted octanol–water partition coefficient (Wildman–Crippen LogP) is 0.0913. The van der Waals surface area contributed by atoms with E-state index in [0.29, 0.717) is 0 Å². The zero-order chi connectivity index (χ0) is 8.15. The van der Waals surface area contributed by atoms with Crippen LogP contribution in [0.1, 0.15) is 13.8 Å². The highest BCUT2D eigenvalue weighted by Crippen LogP contribution is 1.97. The van der Waals surface area contributed by atoms with Crippen LogP contribution in [-0.2, 0) is 4.79 Å². The molecule has 1 unspecified atom stereocenters. The molecule has 3 heteroatoms. The molecule has 0 aromatic carbocycles. The monoisotopic (exact) mass is 142 g/mol. The van der Waals surface area contributed by atoms with Gasteiger partial charge in [-0.25, -0.2) is 4.79 Å². The normalized spacial score (nSPS) is 12.0. The van der Waals surface area contributed by atoms with Gasteiger partial charge in [0, 0.05) is 5.92 Å². The SMILES string of the molecule is CC(C)C(O)C#CC(=O)O. The summed E-state index contributed by atoms with van der Waals surface area (Å²) in [5.74, 6) is 2.80. The second kappa shape index (κ2) is 3.91. The van der Waals surface area contributed by atoms with E-state index >= 15 is 0 Å². The fourth-order valence-corrected chi connectivity index (χ4v) is 0.302. The lowest BCUT2D eigenvalue weighted by atomic mass is 10.1. The predicted molar refractivity (Wildman–Crippen MR) is 36.3 cm³/mol. The molecule has 0 aromatic heterocycles. The summed E-state index contributed by atoms with van der Waals surface area (Å²) < 4.78 is 0. The summed E-state index contributed by atoms with van der Waals surface area (Å²) in [6.45, 7) is 3.53. The Kier molecular flexibility index (Phi) is 3.52. The van der Waals surface area contributed by atoms with Crippen LogP contribution in [0.4, 0.5) is 0 Å². The Balaban J connectivity index is 3.92. The maximum Gasteiger partial charge on any atom is 0.381 e. The Morgan fingerprint density at radius 3 is 2.30 bits per heavy atom. The maximum atomic E-state index is 9.84. The van der Waals surface area contributed by atoms with E-state index in [-0.39, 0.29) is 5.92 Å². The van der Waals surface area contributed by atoms with Gasteiger partial charge in [-0.1, -0.05) is 19.8 Å². The summed E-state index contributed by atoms with van der Waals surface area (Å²) >= 11 is 0. The van der Waals surface area contributed by atoms with E-state index in [1.165, 1.54) is 0 Å². The molecule has 0 fully saturated rings. The van der Waals surface area contributed by atoms with Gasteiger partial charge in [0.05, 0.1) is 0 Å². The van der Waals surface area contributed by atoms with Crippen molar-refractivity contribution in [1.82, 2.24) is 0 Å². The third kappa shape index (κ3) is 3.93. The van der Waals surface area contributed by atoms with Crippen LogP contribution in [0.5, 0.6) is 0 Å². The standard InChI is InChI=1S/C7H10O3/c1-5(2)6(8)3-4-7(9)10/h5-6,8H,1-2H3,(H,9,10). The molecule has 0 heterocycles. The van der Waals surface area contributed by atoms with E-state index < -0.39 is 12.1 Å². The fraction of sp³-hybridized carbons (Fsp3) is 0.571. The van der Waals surface area contributed by atoms with Crippen molar-refractivity contribution in [3.05, 3.63) is 0 Å². The van der Waals surface area contributed by atoms with Crippen molar-refractivity contribution >= 4 is 5.97 Å². The molecule has 1 atom stereocenters. The van der Waals surface area contributed by atoms with E-state index in [4.69, 9.17) is 10.2 Å². The fourth-order valence-electron chi connectivity index (χ4n) is 0.302. The number of hydrogen-bond donors (Lipinski definition) is 2. The van der Waals surface area contributed by atoms with Gasteiger partial charge in [0.1, 0.15) is 6.10 Å². The van der Waals surface area contributed by atoms with Crippen LogP contribution in [0, 0.1) is 17.8 Å². The zero-order valence-electron chi connectivity index (χ0n) is 5.96. The molecule has 0 saturated carbocycles. The zero-order valence-corrected chi connectivity index (χ0v) is 5.96. The van der Waals surface area contributed by atoms with E-state index in [0.717, 1.165) is 0 Å². The molecule has 0 aliphatic rings. The third-order valence-electron chi connectivity index (χ3n) is 0.958. The van der Waals surface area contributed by atoms with Crippen molar-refractivity contribution in [3.63, 3.8) is 0 Å². The number of carboxylic acids is 1. The topological polar surface area (TPSA) is 57.5 Å². The maximum absolute atomic E-state index is 9.84. The minimum Gasteiger partial charge on any atom is -0.472 e. The highest BCUT2D eigenvalue weighted by molar-refractivity contribution is 5.86. The van der Waals surface area contributed by atoms with Crippen molar-refractivity contribution in [1.29, 1.82) is 0 Å². The van der Waals surface area contributed by atoms with Crippen LogP contribution in [0.3, 0.4) is 0 Å². The summed E-state index contributed by atoms with van der Waals surface area (Å²) in [6, 6.07) is 0. The number of carbonyl (C=O) groups is 1. The second-order valence-electron chi connectivity index (χ2n) is 2.26. The molecule has 0 spiro atoms.